The van der Waals surface area contributed by atoms with Crippen molar-refractivity contribution in [1.29, 1.82) is 0 Å². The molecule has 0 aliphatic carbocycles. The van der Waals surface area contributed by atoms with Crippen LogP contribution in [0.4, 0.5) is 0 Å². The smallest absolute Gasteiger partial charge is 0.0543 e. The molecule has 0 heterocycles. The van der Waals surface area contributed by atoms with Gasteiger partial charge in [0.2, 0.25) is 0 Å². The molecule has 3 heteroatoms. The molecule has 304 valence electrons. The van der Waals surface area contributed by atoms with E-state index in [0.29, 0.717) is 0 Å². The van der Waals surface area contributed by atoms with Gasteiger partial charge in [0.1, 0.15) is 0 Å². The van der Waals surface area contributed by atoms with Gasteiger partial charge in [-0.15, -0.1) is 0 Å². The fourth-order valence-corrected chi connectivity index (χ4v) is 15.1. The van der Waals surface area contributed by atoms with Gasteiger partial charge in [-0.3, -0.25) is 0 Å². The molecule has 0 atom stereocenters. The van der Waals surface area contributed by atoms with Crippen LogP contribution in [0.2, 0.25) is 0 Å². The molecule has 0 aliphatic heterocycles. The molecule has 0 aliphatic rings. The van der Waals surface area contributed by atoms with Crippen molar-refractivity contribution in [1.82, 2.24) is 0 Å². The molecular formula is C58H56IS2+3. The van der Waals surface area contributed by atoms with Crippen LogP contribution in [-0.4, -0.2) is 0 Å². The predicted molar refractivity (Wildman–Crippen MR) is 257 cm³/mol. The zero-order chi connectivity index (χ0) is 42.6. The van der Waals surface area contributed by atoms with Crippen molar-refractivity contribution >= 4 is 21.8 Å². The third-order valence-electron chi connectivity index (χ3n) is 11.4. The van der Waals surface area contributed by atoms with Gasteiger partial charge in [0, 0.05) is 22.3 Å². The second-order valence-corrected chi connectivity index (χ2v) is 23.6. The SMILES string of the molecule is Cc1ccc([S+](c2ccc(Cc3ccc([I+]c4ccc(Cc5ccc([S+](c6ccc(C)cc6C)c6ccc(C)cc6C)cc5)cc4)cc3)cc2)c2ccc(C)cc2C)c(C)c1. The molecule has 0 aromatic heterocycles. The number of rotatable bonds is 12. The topological polar surface area (TPSA) is 0 Å². The van der Waals surface area contributed by atoms with Gasteiger partial charge in [-0.05, 0) is 163 Å². The predicted octanol–water partition coefficient (Wildman–Crippen LogP) is 11.7. The first-order valence-corrected chi connectivity index (χ1v) is 25.9. The normalized spacial score (nSPS) is 11.4. The minimum absolute atomic E-state index is 0.158. The van der Waals surface area contributed by atoms with Crippen molar-refractivity contribution in [3.8, 4) is 0 Å². The van der Waals surface area contributed by atoms with Crippen LogP contribution in [0.25, 0.3) is 0 Å². The second-order valence-electron chi connectivity index (χ2n) is 16.7. The maximum atomic E-state index is 2.37. The van der Waals surface area contributed by atoms with Crippen LogP contribution in [0.1, 0.15) is 66.8 Å². The first-order chi connectivity index (χ1) is 29.5. The van der Waals surface area contributed by atoms with Crippen molar-refractivity contribution in [3.63, 3.8) is 0 Å². The Kier molecular flexibility index (Phi) is 13.4. The van der Waals surface area contributed by atoms with E-state index in [0.717, 1.165) is 12.8 Å². The highest BCUT2D eigenvalue weighted by Gasteiger charge is 2.33. The van der Waals surface area contributed by atoms with Gasteiger partial charge in [-0.2, -0.15) is 0 Å². The molecule has 0 N–H and O–H groups in total. The molecule has 0 radical (unpaired) electrons. The van der Waals surface area contributed by atoms with E-state index in [1.807, 2.05) is 0 Å². The highest BCUT2D eigenvalue weighted by atomic mass is 127. The second kappa shape index (κ2) is 19.1. The molecule has 8 aromatic carbocycles. The van der Waals surface area contributed by atoms with Gasteiger partial charge in [-0.1, -0.05) is 119 Å². The first-order valence-electron chi connectivity index (χ1n) is 21.3. The van der Waals surface area contributed by atoms with Crippen LogP contribution >= 0.6 is 0 Å². The molecule has 0 bridgehead atoms. The van der Waals surface area contributed by atoms with Gasteiger partial charge >= 0.3 is 21.2 Å². The number of halogens is 1. The lowest BCUT2D eigenvalue weighted by Gasteiger charge is -2.13. The maximum Gasteiger partial charge on any atom is 0.357 e. The molecule has 8 aromatic rings. The minimum Gasteiger partial charge on any atom is -0.0543 e. The van der Waals surface area contributed by atoms with Crippen LogP contribution < -0.4 is 21.2 Å². The Hall–Kier alpha value is -4.81. The summed E-state index contributed by atoms with van der Waals surface area (Å²) in [5, 5.41) is 0. The zero-order valence-electron chi connectivity index (χ0n) is 36.8. The number of benzene rings is 8. The number of aryl methyl sites for hydroxylation is 8. The zero-order valence-corrected chi connectivity index (χ0v) is 40.6. The van der Waals surface area contributed by atoms with Gasteiger partial charge in [0.15, 0.2) is 36.5 Å². The molecule has 0 amide bonds. The van der Waals surface area contributed by atoms with Crippen LogP contribution in [0.15, 0.2) is 199 Å². The van der Waals surface area contributed by atoms with Crippen molar-refractivity contribution in [2.45, 2.75) is 97.6 Å². The molecule has 61 heavy (non-hydrogen) atoms. The Bertz CT molecular complexity index is 2480. The van der Waals surface area contributed by atoms with E-state index in [9.17, 15) is 0 Å². The summed E-state index contributed by atoms with van der Waals surface area (Å²) in [6, 6.07) is 65.3. The monoisotopic (exact) mass is 943 g/mol. The lowest BCUT2D eigenvalue weighted by molar-refractivity contribution is -0.597. The van der Waals surface area contributed by atoms with E-state index < -0.39 is 0 Å². The van der Waals surface area contributed by atoms with Gasteiger partial charge in [-0.25, -0.2) is 0 Å². The summed E-state index contributed by atoms with van der Waals surface area (Å²) in [5.41, 5.74) is 16.1. The van der Waals surface area contributed by atoms with Crippen molar-refractivity contribution in [2.24, 2.45) is 0 Å². The Morgan fingerprint density at radius 2 is 0.541 bits per heavy atom. The van der Waals surface area contributed by atoms with Crippen molar-refractivity contribution < 1.29 is 21.2 Å². The summed E-state index contributed by atoms with van der Waals surface area (Å²) in [5.74, 6) is 0. The Morgan fingerprint density at radius 3 is 0.787 bits per heavy atom. The van der Waals surface area contributed by atoms with Crippen LogP contribution in [-0.2, 0) is 34.6 Å². The fraction of sp³-hybridized carbons (Fsp3) is 0.172. The van der Waals surface area contributed by atoms with Gasteiger partial charge in [0.25, 0.3) is 0 Å². The summed E-state index contributed by atoms with van der Waals surface area (Å²) in [4.78, 5) is 8.40. The molecule has 0 saturated carbocycles. The molecule has 8 rings (SSSR count). The first kappa shape index (κ1) is 42.9. The van der Waals surface area contributed by atoms with E-state index in [1.165, 1.54) is 103 Å². The third kappa shape index (κ3) is 10.3. The van der Waals surface area contributed by atoms with Crippen molar-refractivity contribution in [2.75, 3.05) is 0 Å². The molecule has 0 unspecified atom stereocenters. The average Bonchev–Trinajstić information content (AvgIpc) is 3.23. The van der Waals surface area contributed by atoms with E-state index >= 15 is 0 Å². The highest BCUT2D eigenvalue weighted by molar-refractivity contribution is 7.97. The molecule has 0 saturated heterocycles. The van der Waals surface area contributed by atoms with Gasteiger partial charge < -0.3 is 0 Å². The average molecular weight is 944 g/mol. The quantitative estimate of drug-likeness (QED) is 0.0846. The standard InChI is InChI=1S/C58H56IS2/c1-39-9-29-55(43(5)33-39)60(56-30-10-40(2)34-44(56)6)53-25-17-49(18-26-53)37-47-13-21-51(22-14-47)59-52-23-15-48(16-24-52)38-50-19-27-54(28-20-50)61(57-31-11-41(3)35-45(57)7)58-32-12-42(4)36-46(58)8/h9-36H,37-38H2,1-8H3/q+3. The van der Waals surface area contributed by atoms with Crippen LogP contribution in [0, 0.1) is 62.5 Å². The highest BCUT2D eigenvalue weighted by Crippen LogP contribution is 2.37. The molecular weight excluding hydrogens is 888 g/mol. The third-order valence-corrected chi connectivity index (χ3v) is 19.1. The van der Waals surface area contributed by atoms with E-state index in [-0.39, 0.29) is 43.0 Å². The molecule has 0 spiro atoms. The Labute approximate surface area is 381 Å². The Morgan fingerprint density at radius 1 is 0.295 bits per heavy atom. The van der Waals surface area contributed by atoms with Crippen LogP contribution in [0.3, 0.4) is 0 Å². The van der Waals surface area contributed by atoms with E-state index in [1.54, 1.807) is 0 Å². The van der Waals surface area contributed by atoms with Crippen molar-refractivity contribution in [3.05, 3.63) is 244 Å². The summed E-state index contributed by atoms with van der Waals surface area (Å²) in [6.45, 7) is 17.8. The lowest BCUT2D eigenvalue weighted by Crippen LogP contribution is -3.61. The van der Waals surface area contributed by atoms with Gasteiger partial charge in [0.05, 0.1) is 21.8 Å². The summed E-state index contributed by atoms with van der Waals surface area (Å²) < 4.78 is 2.91. The largest absolute Gasteiger partial charge is 0.357 e. The number of hydrogen-bond acceptors (Lipinski definition) is 0. The summed E-state index contributed by atoms with van der Waals surface area (Å²) in [7, 11) is -0.315. The number of hydrogen-bond donors (Lipinski definition) is 0. The fourth-order valence-electron chi connectivity index (χ4n) is 8.27. The maximum absolute atomic E-state index is 2.37. The summed E-state index contributed by atoms with van der Waals surface area (Å²) in [6.07, 6.45) is 1.88. The molecule has 0 nitrogen and oxygen atoms in total. The Balaban J connectivity index is 0.911. The van der Waals surface area contributed by atoms with E-state index in [4.69, 9.17) is 0 Å². The molecule has 0 fully saturated rings. The minimum atomic E-state index is -0.250. The van der Waals surface area contributed by atoms with Crippen LogP contribution in [0.5, 0.6) is 0 Å². The summed E-state index contributed by atoms with van der Waals surface area (Å²) >= 11 is -0.250. The lowest BCUT2D eigenvalue weighted by atomic mass is 10.1. The van der Waals surface area contributed by atoms with E-state index in [2.05, 4.69) is 225 Å².